The normalized spacial score (nSPS) is 11.9. The van der Waals surface area contributed by atoms with E-state index in [0.717, 1.165) is 12.1 Å². The summed E-state index contributed by atoms with van der Waals surface area (Å²) in [6, 6.07) is 2.99. The molecule has 1 aromatic carbocycles. The van der Waals surface area contributed by atoms with Gasteiger partial charge in [0, 0.05) is 24.8 Å². The molecular formula is C12H15FN2O4. The van der Waals surface area contributed by atoms with Gasteiger partial charge in [-0.3, -0.25) is 14.9 Å². The van der Waals surface area contributed by atoms with Crippen LogP contribution in [0.2, 0.25) is 0 Å². The Morgan fingerprint density at radius 2 is 2.26 bits per heavy atom. The lowest BCUT2D eigenvalue weighted by molar-refractivity contribution is -0.387. The predicted octanol–water partition coefficient (Wildman–Crippen LogP) is 1.48. The van der Waals surface area contributed by atoms with Crippen molar-refractivity contribution in [2.45, 2.75) is 13.3 Å². The van der Waals surface area contributed by atoms with Gasteiger partial charge in [0.2, 0.25) is 5.82 Å². The van der Waals surface area contributed by atoms with Crippen molar-refractivity contribution in [3.63, 3.8) is 0 Å². The Hall–Kier alpha value is -2.02. The minimum absolute atomic E-state index is 0.0268. The number of nitro groups is 1. The summed E-state index contributed by atoms with van der Waals surface area (Å²) in [5.74, 6) is -1.40. The van der Waals surface area contributed by atoms with Gasteiger partial charge in [-0.15, -0.1) is 0 Å². The average molecular weight is 270 g/mol. The minimum Gasteiger partial charge on any atom is -0.396 e. The highest BCUT2D eigenvalue weighted by molar-refractivity contribution is 5.94. The number of hydrogen-bond donors (Lipinski definition) is 2. The number of benzene rings is 1. The standard InChI is InChI=1S/C12H15FN2O4/c1-8(4-5-16)7-14-12(17)9-2-3-10(13)11(6-9)15(18)19/h2-3,6,8,16H,4-5,7H2,1H3,(H,14,17). The first-order valence-electron chi connectivity index (χ1n) is 5.78. The Morgan fingerprint density at radius 1 is 1.58 bits per heavy atom. The highest BCUT2D eigenvalue weighted by Crippen LogP contribution is 2.18. The van der Waals surface area contributed by atoms with E-state index in [1.54, 1.807) is 0 Å². The lowest BCUT2D eigenvalue weighted by Gasteiger charge is -2.11. The first kappa shape index (κ1) is 15.0. The molecular weight excluding hydrogens is 255 g/mol. The zero-order chi connectivity index (χ0) is 14.4. The Bertz CT molecular complexity index is 479. The molecule has 0 spiro atoms. The SMILES string of the molecule is CC(CCO)CNC(=O)c1ccc(F)c([N+](=O)[O-])c1. The molecule has 2 N–H and O–H groups in total. The Kier molecular flexibility index (Phi) is 5.37. The van der Waals surface area contributed by atoms with Crippen LogP contribution in [-0.4, -0.2) is 29.1 Å². The quantitative estimate of drug-likeness (QED) is 0.605. The summed E-state index contributed by atoms with van der Waals surface area (Å²) in [5.41, 5.74) is -0.694. The van der Waals surface area contributed by atoms with E-state index in [4.69, 9.17) is 5.11 Å². The second-order valence-corrected chi connectivity index (χ2v) is 4.25. The molecule has 0 aliphatic heterocycles. The van der Waals surface area contributed by atoms with Crippen molar-refractivity contribution in [3.05, 3.63) is 39.7 Å². The van der Waals surface area contributed by atoms with E-state index in [-0.39, 0.29) is 18.1 Å². The molecule has 0 saturated heterocycles. The van der Waals surface area contributed by atoms with E-state index in [1.165, 1.54) is 6.07 Å². The van der Waals surface area contributed by atoms with Crippen molar-refractivity contribution >= 4 is 11.6 Å². The van der Waals surface area contributed by atoms with Crippen molar-refractivity contribution in [1.29, 1.82) is 0 Å². The molecule has 0 aliphatic rings. The second kappa shape index (κ2) is 6.79. The van der Waals surface area contributed by atoms with Gasteiger partial charge in [-0.2, -0.15) is 4.39 Å². The first-order valence-corrected chi connectivity index (χ1v) is 5.78. The maximum Gasteiger partial charge on any atom is 0.305 e. The van der Waals surface area contributed by atoms with Gasteiger partial charge in [-0.25, -0.2) is 0 Å². The summed E-state index contributed by atoms with van der Waals surface area (Å²) >= 11 is 0. The number of nitro benzene ring substituents is 1. The predicted molar refractivity (Wildman–Crippen MR) is 66.3 cm³/mol. The van der Waals surface area contributed by atoms with Gasteiger partial charge in [-0.05, 0) is 24.5 Å². The van der Waals surface area contributed by atoms with Gasteiger partial charge in [0.1, 0.15) is 0 Å². The van der Waals surface area contributed by atoms with Crippen LogP contribution in [0.15, 0.2) is 18.2 Å². The third kappa shape index (κ3) is 4.29. The molecule has 0 heterocycles. The summed E-state index contributed by atoms with van der Waals surface area (Å²) in [7, 11) is 0. The van der Waals surface area contributed by atoms with Crippen LogP contribution in [0.4, 0.5) is 10.1 Å². The molecule has 1 rings (SSSR count). The van der Waals surface area contributed by atoms with Crippen LogP contribution in [0.3, 0.4) is 0 Å². The fourth-order valence-electron chi connectivity index (χ4n) is 1.49. The Morgan fingerprint density at radius 3 is 2.84 bits per heavy atom. The summed E-state index contributed by atoms with van der Waals surface area (Å²) in [6.07, 6.45) is 0.545. The molecule has 1 amide bonds. The van der Waals surface area contributed by atoms with Crippen LogP contribution < -0.4 is 5.32 Å². The maximum absolute atomic E-state index is 13.1. The van der Waals surface area contributed by atoms with Crippen LogP contribution in [0, 0.1) is 21.8 Å². The van der Waals surface area contributed by atoms with Gasteiger partial charge >= 0.3 is 5.69 Å². The van der Waals surface area contributed by atoms with Crippen molar-refractivity contribution in [2.75, 3.05) is 13.2 Å². The van der Waals surface area contributed by atoms with Crippen LogP contribution >= 0.6 is 0 Å². The Balaban J connectivity index is 2.72. The molecule has 1 unspecified atom stereocenters. The number of halogens is 1. The maximum atomic E-state index is 13.1. The number of amides is 1. The zero-order valence-corrected chi connectivity index (χ0v) is 10.4. The van der Waals surface area contributed by atoms with Gasteiger partial charge < -0.3 is 10.4 Å². The average Bonchev–Trinajstić information content (AvgIpc) is 2.36. The van der Waals surface area contributed by atoms with Crippen LogP contribution in [0.1, 0.15) is 23.7 Å². The van der Waals surface area contributed by atoms with E-state index >= 15 is 0 Å². The molecule has 0 saturated carbocycles. The van der Waals surface area contributed by atoms with E-state index in [9.17, 15) is 19.3 Å². The summed E-state index contributed by atoms with van der Waals surface area (Å²) in [4.78, 5) is 21.4. The minimum atomic E-state index is -0.977. The molecule has 19 heavy (non-hydrogen) atoms. The molecule has 7 heteroatoms. The number of nitrogens with zero attached hydrogens (tertiary/aromatic N) is 1. The highest BCUT2D eigenvalue weighted by Gasteiger charge is 2.17. The largest absolute Gasteiger partial charge is 0.396 e. The molecule has 6 nitrogen and oxygen atoms in total. The smallest absolute Gasteiger partial charge is 0.305 e. The van der Waals surface area contributed by atoms with Gasteiger partial charge in [0.25, 0.3) is 5.91 Å². The van der Waals surface area contributed by atoms with E-state index in [2.05, 4.69) is 5.32 Å². The van der Waals surface area contributed by atoms with Gasteiger partial charge in [0.05, 0.1) is 4.92 Å². The number of aliphatic hydroxyl groups excluding tert-OH is 1. The number of carbonyl (C=O) groups excluding carboxylic acids is 1. The van der Waals surface area contributed by atoms with Crippen LogP contribution in [0.25, 0.3) is 0 Å². The molecule has 1 atom stereocenters. The van der Waals surface area contributed by atoms with E-state index < -0.39 is 22.3 Å². The molecule has 0 aromatic heterocycles. The fraction of sp³-hybridized carbons (Fsp3) is 0.417. The topological polar surface area (TPSA) is 92.5 Å². The van der Waals surface area contributed by atoms with E-state index in [0.29, 0.717) is 13.0 Å². The van der Waals surface area contributed by atoms with Gasteiger partial charge in [0.15, 0.2) is 0 Å². The molecule has 0 fully saturated rings. The zero-order valence-electron chi connectivity index (χ0n) is 10.4. The summed E-state index contributed by atoms with van der Waals surface area (Å²) in [5, 5.41) is 21.8. The van der Waals surface area contributed by atoms with Crippen molar-refractivity contribution in [2.24, 2.45) is 5.92 Å². The number of rotatable bonds is 6. The lowest BCUT2D eigenvalue weighted by atomic mass is 10.1. The van der Waals surface area contributed by atoms with Crippen molar-refractivity contribution in [1.82, 2.24) is 5.32 Å². The van der Waals surface area contributed by atoms with E-state index in [1.807, 2.05) is 6.92 Å². The van der Waals surface area contributed by atoms with Crippen molar-refractivity contribution < 1.29 is 19.2 Å². The molecule has 104 valence electrons. The number of hydrogen-bond acceptors (Lipinski definition) is 4. The number of carbonyl (C=O) groups is 1. The molecule has 0 aliphatic carbocycles. The monoisotopic (exact) mass is 270 g/mol. The fourth-order valence-corrected chi connectivity index (χ4v) is 1.49. The number of nitrogens with one attached hydrogen (secondary N) is 1. The third-order valence-electron chi connectivity index (χ3n) is 2.64. The highest BCUT2D eigenvalue weighted by atomic mass is 19.1. The van der Waals surface area contributed by atoms with Crippen LogP contribution in [0.5, 0.6) is 0 Å². The Labute approximate surface area is 109 Å². The summed E-state index contributed by atoms with van der Waals surface area (Å²) in [6.45, 7) is 2.22. The summed E-state index contributed by atoms with van der Waals surface area (Å²) < 4.78 is 13.1. The molecule has 0 radical (unpaired) electrons. The third-order valence-corrected chi connectivity index (χ3v) is 2.64. The lowest BCUT2D eigenvalue weighted by Crippen LogP contribution is -2.28. The van der Waals surface area contributed by atoms with Crippen LogP contribution in [-0.2, 0) is 0 Å². The second-order valence-electron chi connectivity index (χ2n) is 4.25. The first-order chi connectivity index (χ1) is 8.95. The molecule has 1 aromatic rings. The molecule has 0 bridgehead atoms. The van der Waals surface area contributed by atoms with Gasteiger partial charge in [-0.1, -0.05) is 6.92 Å². The van der Waals surface area contributed by atoms with Crippen molar-refractivity contribution in [3.8, 4) is 0 Å². The number of aliphatic hydroxyl groups is 1.